The van der Waals surface area contributed by atoms with E-state index in [1.807, 2.05) is 7.05 Å². The van der Waals surface area contributed by atoms with Crippen molar-refractivity contribution < 1.29 is 0 Å². The van der Waals surface area contributed by atoms with Gasteiger partial charge in [-0.25, -0.2) is 0 Å². The first-order chi connectivity index (χ1) is 10.3. The third-order valence-electron chi connectivity index (χ3n) is 4.12. The Morgan fingerprint density at radius 3 is 2.32 bits per heavy atom. The van der Waals surface area contributed by atoms with Crippen LogP contribution in [0.4, 0.5) is 0 Å². The molecule has 1 fully saturated rings. The maximum atomic E-state index is 4.16. The van der Waals surface area contributed by atoms with E-state index in [1.165, 1.54) is 49.9 Å². The predicted octanol–water partition coefficient (Wildman–Crippen LogP) is 2.98. The van der Waals surface area contributed by atoms with Gasteiger partial charge in [0.05, 0.1) is 0 Å². The van der Waals surface area contributed by atoms with Gasteiger partial charge in [-0.3, -0.25) is 9.89 Å². The smallest absolute Gasteiger partial charge is 0.190 e. The quantitative estimate of drug-likeness (QED) is 0.451. The van der Waals surface area contributed by atoms with E-state index in [0.717, 1.165) is 19.0 Å². The van der Waals surface area contributed by atoms with Crippen LogP contribution in [0.1, 0.15) is 36.8 Å². The third kappa shape index (κ3) is 6.12. The molecule has 0 aliphatic carbocycles. The fourth-order valence-corrected chi connectivity index (χ4v) is 2.88. The standard InChI is InChI=1S/C17H28N4.HI/c1-18-17(19-2)20-13-15-9-5-6-10-16(15)14-21-11-7-3-4-8-12-21;/h5-6,9-10H,3-4,7-8,11-14H2,1-2H3,(H2,18,19,20);1H. The van der Waals surface area contributed by atoms with Crippen LogP contribution in [0.3, 0.4) is 0 Å². The number of nitrogens with one attached hydrogen (secondary N) is 2. The summed E-state index contributed by atoms with van der Waals surface area (Å²) >= 11 is 0. The van der Waals surface area contributed by atoms with Gasteiger partial charge in [-0.2, -0.15) is 0 Å². The van der Waals surface area contributed by atoms with Crippen LogP contribution >= 0.6 is 24.0 Å². The molecule has 0 saturated carbocycles. The van der Waals surface area contributed by atoms with E-state index in [0.29, 0.717) is 0 Å². The minimum atomic E-state index is 0. The zero-order valence-electron chi connectivity index (χ0n) is 13.8. The van der Waals surface area contributed by atoms with Crippen molar-refractivity contribution in [3.63, 3.8) is 0 Å². The molecule has 5 heteroatoms. The van der Waals surface area contributed by atoms with Gasteiger partial charge in [-0.1, -0.05) is 37.1 Å². The maximum Gasteiger partial charge on any atom is 0.190 e. The molecule has 22 heavy (non-hydrogen) atoms. The Morgan fingerprint density at radius 1 is 1.09 bits per heavy atom. The molecule has 4 nitrogen and oxygen atoms in total. The van der Waals surface area contributed by atoms with Gasteiger partial charge in [-0.15, -0.1) is 24.0 Å². The lowest BCUT2D eigenvalue weighted by molar-refractivity contribution is 0.276. The lowest BCUT2D eigenvalue weighted by Crippen LogP contribution is -2.34. The monoisotopic (exact) mass is 416 g/mol. The molecule has 0 radical (unpaired) electrons. The highest BCUT2D eigenvalue weighted by molar-refractivity contribution is 14.0. The number of benzene rings is 1. The highest BCUT2D eigenvalue weighted by atomic mass is 127. The molecule has 2 N–H and O–H groups in total. The zero-order valence-corrected chi connectivity index (χ0v) is 16.1. The van der Waals surface area contributed by atoms with E-state index in [9.17, 15) is 0 Å². The summed E-state index contributed by atoms with van der Waals surface area (Å²) in [4.78, 5) is 6.76. The molecule has 1 saturated heterocycles. The van der Waals surface area contributed by atoms with Crippen LogP contribution in [-0.4, -0.2) is 38.0 Å². The Hall–Kier alpha value is -0.820. The lowest BCUT2D eigenvalue weighted by atomic mass is 10.1. The molecule has 0 spiro atoms. The van der Waals surface area contributed by atoms with Crippen molar-refractivity contribution in [2.45, 2.75) is 38.8 Å². The average Bonchev–Trinajstić information content (AvgIpc) is 2.78. The number of hydrogen-bond donors (Lipinski definition) is 2. The highest BCUT2D eigenvalue weighted by Crippen LogP contribution is 2.16. The summed E-state index contributed by atoms with van der Waals surface area (Å²) in [5, 5.41) is 6.41. The van der Waals surface area contributed by atoms with E-state index < -0.39 is 0 Å². The summed E-state index contributed by atoms with van der Waals surface area (Å²) in [5.41, 5.74) is 2.79. The molecule has 1 aliphatic rings. The van der Waals surface area contributed by atoms with Crippen LogP contribution < -0.4 is 10.6 Å². The van der Waals surface area contributed by atoms with Crippen molar-refractivity contribution in [3.8, 4) is 0 Å². The molecule has 1 aromatic carbocycles. The molecule has 1 heterocycles. The number of rotatable bonds is 4. The SMILES string of the molecule is CN=C(NC)NCc1ccccc1CN1CCCCCC1.I. The van der Waals surface area contributed by atoms with E-state index in [2.05, 4.69) is 44.8 Å². The second-order valence-corrected chi connectivity index (χ2v) is 5.63. The molecule has 0 amide bonds. The van der Waals surface area contributed by atoms with Gasteiger partial charge in [0.25, 0.3) is 0 Å². The molecule has 0 aromatic heterocycles. The molecule has 0 unspecified atom stereocenters. The summed E-state index contributed by atoms with van der Waals surface area (Å²) in [5.74, 6) is 0.833. The summed E-state index contributed by atoms with van der Waals surface area (Å²) in [6, 6.07) is 8.72. The van der Waals surface area contributed by atoms with Gasteiger partial charge < -0.3 is 10.6 Å². The van der Waals surface area contributed by atoms with E-state index >= 15 is 0 Å². The lowest BCUT2D eigenvalue weighted by Gasteiger charge is -2.22. The van der Waals surface area contributed by atoms with Crippen LogP contribution in [0.5, 0.6) is 0 Å². The van der Waals surface area contributed by atoms with Gasteiger partial charge in [0.2, 0.25) is 0 Å². The average molecular weight is 416 g/mol. The van der Waals surface area contributed by atoms with Crippen molar-refractivity contribution >= 4 is 29.9 Å². The van der Waals surface area contributed by atoms with Crippen LogP contribution in [-0.2, 0) is 13.1 Å². The van der Waals surface area contributed by atoms with Crippen molar-refractivity contribution in [2.75, 3.05) is 27.2 Å². The van der Waals surface area contributed by atoms with Crippen LogP contribution in [0.25, 0.3) is 0 Å². The first-order valence-electron chi connectivity index (χ1n) is 8.01. The Labute approximate surface area is 151 Å². The number of nitrogens with zero attached hydrogens (tertiary/aromatic N) is 2. The second kappa shape index (κ2) is 10.8. The van der Waals surface area contributed by atoms with E-state index in [4.69, 9.17) is 0 Å². The Kier molecular flexibility index (Phi) is 9.47. The fraction of sp³-hybridized carbons (Fsp3) is 0.588. The van der Waals surface area contributed by atoms with Gasteiger partial charge in [0, 0.05) is 27.2 Å². The molecular formula is C17H29IN4. The van der Waals surface area contributed by atoms with Crippen molar-refractivity contribution in [1.82, 2.24) is 15.5 Å². The number of hydrogen-bond acceptors (Lipinski definition) is 2. The molecule has 1 aliphatic heterocycles. The first kappa shape index (κ1) is 19.2. The van der Waals surface area contributed by atoms with E-state index in [-0.39, 0.29) is 24.0 Å². The normalized spacial score (nSPS) is 16.5. The van der Waals surface area contributed by atoms with Gasteiger partial charge in [0.15, 0.2) is 5.96 Å². The van der Waals surface area contributed by atoms with Crippen LogP contribution in [0.15, 0.2) is 29.3 Å². The highest BCUT2D eigenvalue weighted by Gasteiger charge is 2.11. The predicted molar refractivity (Wildman–Crippen MR) is 105 cm³/mol. The van der Waals surface area contributed by atoms with Crippen molar-refractivity contribution in [3.05, 3.63) is 35.4 Å². The van der Waals surface area contributed by atoms with Gasteiger partial charge >= 0.3 is 0 Å². The second-order valence-electron chi connectivity index (χ2n) is 5.63. The summed E-state index contributed by atoms with van der Waals surface area (Å²) < 4.78 is 0. The molecule has 1 aromatic rings. The topological polar surface area (TPSA) is 39.7 Å². The molecular weight excluding hydrogens is 387 g/mol. The zero-order chi connectivity index (χ0) is 14.9. The van der Waals surface area contributed by atoms with Crippen molar-refractivity contribution in [1.29, 1.82) is 0 Å². The Bertz CT molecular complexity index is 454. The molecule has 0 bridgehead atoms. The van der Waals surface area contributed by atoms with Crippen molar-refractivity contribution in [2.24, 2.45) is 4.99 Å². The Morgan fingerprint density at radius 2 is 1.73 bits per heavy atom. The largest absolute Gasteiger partial charge is 0.359 e. The number of aliphatic imine (C=N–C) groups is 1. The fourth-order valence-electron chi connectivity index (χ4n) is 2.88. The summed E-state index contributed by atoms with van der Waals surface area (Å²) in [7, 11) is 3.68. The third-order valence-corrected chi connectivity index (χ3v) is 4.12. The Balaban J connectivity index is 0.00000242. The molecule has 2 rings (SSSR count). The van der Waals surface area contributed by atoms with Gasteiger partial charge in [-0.05, 0) is 37.1 Å². The van der Waals surface area contributed by atoms with E-state index in [1.54, 1.807) is 7.05 Å². The molecule has 124 valence electrons. The van der Waals surface area contributed by atoms with Crippen LogP contribution in [0, 0.1) is 0 Å². The maximum absolute atomic E-state index is 4.16. The minimum Gasteiger partial charge on any atom is -0.359 e. The summed E-state index contributed by atoms with van der Waals surface area (Å²) in [6.45, 7) is 4.35. The number of likely N-dealkylation sites (tertiary alicyclic amines) is 1. The minimum absolute atomic E-state index is 0. The summed E-state index contributed by atoms with van der Waals surface area (Å²) in [6.07, 6.45) is 5.45. The van der Waals surface area contributed by atoms with Crippen LogP contribution in [0.2, 0.25) is 0 Å². The number of guanidine groups is 1. The van der Waals surface area contributed by atoms with Gasteiger partial charge in [0.1, 0.15) is 0 Å². The number of halogens is 1. The first-order valence-corrected chi connectivity index (χ1v) is 8.01. The molecule has 0 atom stereocenters.